The van der Waals surface area contributed by atoms with E-state index >= 15 is 0 Å². The monoisotopic (exact) mass is 431 g/mol. The minimum atomic E-state index is -0.413. The van der Waals surface area contributed by atoms with Crippen LogP contribution in [-0.4, -0.2) is 34.0 Å². The SMILES string of the molecule is COC(=O)C1Cc2ccccc2CN1Cc1nc2scc(-c3ccccc3)c2c(=O)[nH]1. The number of aromatic amines is 1. The minimum absolute atomic E-state index is 0.160. The molecule has 7 heteroatoms. The number of fused-ring (bicyclic) bond motifs is 2. The largest absolute Gasteiger partial charge is 0.468 e. The molecule has 1 unspecified atom stereocenters. The summed E-state index contributed by atoms with van der Waals surface area (Å²) in [6.07, 6.45) is 0.576. The van der Waals surface area contributed by atoms with Crippen LogP contribution in [0.4, 0.5) is 0 Å². The zero-order valence-corrected chi connectivity index (χ0v) is 17.8. The molecule has 31 heavy (non-hydrogen) atoms. The number of nitrogens with one attached hydrogen (secondary N) is 1. The average molecular weight is 432 g/mol. The Morgan fingerprint density at radius 1 is 1.16 bits per heavy atom. The number of hydrogen-bond donors (Lipinski definition) is 1. The number of H-pyrrole nitrogens is 1. The molecule has 0 aliphatic carbocycles. The van der Waals surface area contributed by atoms with Crippen LogP contribution >= 0.6 is 11.3 Å². The zero-order valence-electron chi connectivity index (χ0n) is 17.0. The molecule has 0 spiro atoms. The van der Waals surface area contributed by atoms with Crippen molar-refractivity contribution < 1.29 is 9.53 Å². The van der Waals surface area contributed by atoms with Crippen molar-refractivity contribution in [2.24, 2.45) is 0 Å². The van der Waals surface area contributed by atoms with Crippen LogP contribution in [0.2, 0.25) is 0 Å². The Bertz CT molecular complexity index is 1310. The van der Waals surface area contributed by atoms with Gasteiger partial charge in [-0.1, -0.05) is 54.6 Å². The van der Waals surface area contributed by atoms with Gasteiger partial charge in [-0.2, -0.15) is 0 Å². The van der Waals surface area contributed by atoms with E-state index < -0.39 is 6.04 Å². The first-order valence-corrected chi connectivity index (χ1v) is 11.0. The van der Waals surface area contributed by atoms with Crippen molar-refractivity contribution in [3.63, 3.8) is 0 Å². The van der Waals surface area contributed by atoms with Crippen molar-refractivity contribution in [2.45, 2.75) is 25.6 Å². The predicted molar refractivity (Wildman–Crippen MR) is 121 cm³/mol. The summed E-state index contributed by atoms with van der Waals surface area (Å²) in [5.41, 5.74) is 4.05. The van der Waals surface area contributed by atoms with Crippen molar-refractivity contribution in [1.29, 1.82) is 0 Å². The van der Waals surface area contributed by atoms with E-state index in [-0.39, 0.29) is 11.5 Å². The lowest BCUT2D eigenvalue weighted by molar-refractivity contribution is -0.148. The lowest BCUT2D eigenvalue weighted by Crippen LogP contribution is -2.46. The molecule has 0 saturated heterocycles. The molecule has 2 aromatic carbocycles. The maximum Gasteiger partial charge on any atom is 0.323 e. The Morgan fingerprint density at radius 3 is 2.68 bits per heavy atom. The number of thiophene rings is 1. The highest BCUT2D eigenvalue weighted by molar-refractivity contribution is 7.17. The number of esters is 1. The molecule has 156 valence electrons. The van der Waals surface area contributed by atoms with Crippen LogP contribution in [0.3, 0.4) is 0 Å². The van der Waals surface area contributed by atoms with Gasteiger partial charge >= 0.3 is 5.97 Å². The van der Waals surface area contributed by atoms with Crippen molar-refractivity contribution in [3.05, 3.63) is 87.3 Å². The highest BCUT2D eigenvalue weighted by atomic mass is 32.1. The number of carbonyl (C=O) groups is 1. The number of nitrogens with zero attached hydrogens (tertiary/aromatic N) is 2. The lowest BCUT2D eigenvalue weighted by Gasteiger charge is -2.34. The first-order chi connectivity index (χ1) is 15.1. The highest BCUT2D eigenvalue weighted by Crippen LogP contribution is 2.31. The van der Waals surface area contributed by atoms with Crippen LogP contribution in [0.15, 0.2) is 64.8 Å². The fraction of sp³-hybridized carbons (Fsp3) is 0.208. The topological polar surface area (TPSA) is 75.3 Å². The normalized spacial score (nSPS) is 16.2. The van der Waals surface area contributed by atoms with E-state index in [0.717, 1.165) is 16.7 Å². The number of aromatic nitrogens is 2. The number of hydrogen-bond acceptors (Lipinski definition) is 6. The maximum atomic E-state index is 13.0. The number of ether oxygens (including phenoxy) is 1. The Labute approximate surface area is 183 Å². The molecule has 1 aliphatic heterocycles. The summed E-state index contributed by atoms with van der Waals surface area (Å²) < 4.78 is 5.05. The molecule has 0 bridgehead atoms. The summed E-state index contributed by atoms with van der Waals surface area (Å²) in [6, 6.07) is 17.5. The number of carbonyl (C=O) groups excluding carboxylic acids is 1. The van der Waals surface area contributed by atoms with E-state index in [1.165, 1.54) is 24.0 Å². The summed E-state index contributed by atoms with van der Waals surface area (Å²) in [7, 11) is 1.41. The number of benzene rings is 2. The summed E-state index contributed by atoms with van der Waals surface area (Å²) >= 11 is 1.46. The second kappa shape index (κ2) is 8.09. The van der Waals surface area contributed by atoms with Crippen molar-refractivity contribution in [3.8, 4) is 11.1 Å². The van der Waals surface area contributed by atoms with E-state index in [1.807, 2.05) is 58.8 Å². The van der Waals surface area contributed by atoms with Gasteiger partial charge in [-0.3, -0.25) is 14.5 Å². The third-order valence-corrected chi connectivity index (χ3v) is 6.62. The van der Waals surface area contributed by atoms with Crippen LogP contribution in [0.1, 0.15) is 17.0 Å². The molecule has 4 aromatic rings. The first-order valence-electron chi connectivity index (χ1n) is 10.1. The van der Waals surface area contributed by atoms with Crippen molar-refractivity contribution >= 4 is 27.5 Å². The van der Waals surface area contributed by atoms with Crippen LogP contribution in [-0.2, 0) is 29.0 Å². The van der Waals surface area contributed by atoms with E-state index in [1.54, 1.807) is 0 Å². The highest BCUT2D eigenvalue weighted by Gasteiger charge is 2.32. The van der Waals surface area contributed by atoms with E-state index in [4.69, 9.17) is 9.72 Å². The van der Waals surface area contributed by atoms with Gasteiger partial charge in [0.25, 0.3) is 5.56 Å². The van der Waals surface area contributed by atoms with Crippen LogP contribution < -0.4 is 5.56 Å². The van der Waals surface area contributed by atoms with Gasteiger partial charge in [0, 0.05) is 17.5 Å². The third kappa shape index (κ3) is 3.66. The molecule has 6 nitrogen and oxygen atoms in total. The Balaban J connectivity index is 1.50. The van der Waals surface area contributed by atoms with Gasteiger partial charge in [-0.25, -0.2) is 4.98 Å². The van der Waals surface area contributed by atoms with Crippen molar-refractivity contribution in [1.82, 2.24) is 14.9 Å². The van der Waals surface area contributed by atoms with Crippen molar-refractivity contribution in [2.75, 3.05) is 7.11 Å². The van der Waals surface area contributed by atoms with Gasteiger partial charge in [-0.05, 0) is 23.1 Å². The minimum Gasteiger partial charge on any atom is -0.468 e. The van der Waals surface area contributed by atoms with Gasteiger partial charge in [0.05, 0.1) is 19.0 Å². The Hall–Kier alpha value is -3.29. The molecule has 2 aromatic heterocycles. The average Bonchev–Trinajstić information content (AvgIpc) is 3.23. The van der Waals surface area contributed by atoms with Gasteiger partial charge in [-0.15, -0.1) is 11.3 Å². The fourth-order valence-electron chi connectivity index (χ4n) is 4.20. The molecule has 1 atom stereocenters. The molecule has 5 rings (SSSR count). The van der Waals surface area contributed by atoms with Gasteiger partial charge in [0.15, 0.2) is 0 Å². The molecule has 3 heterocycles. The first kappa shape index (κ1) is 19.7. The van der Waals surface area contributed by atoms with Gasteiger partial charge in [0.2, 0.25) is 0 Å². The lowest BCUT2D eigenvalue weighted by atomic mass is 9.94. The van der Waals surface area contributed by atoms with Gasteiger partial charge < -0.3 is 9.72 Å². The second-order valence-electron chi connectivity index (χ2n) is 7.62. The van der Waals surface area contributed by atoms with Crippen LogP contribution in [0.25, 0.3) is 21.3 Å². The summed E-state index contributed by atoms with van der Waals surface area (Å²) in [5.74, 6) is 0.271. The molecule has 1 aliphatic rings. The molecule has 0 amide bonds. The molecule has 0 fully saturated rings. The second-order valence-corrected chi connectivity index (χ2v) is 8.48. The van der Waals surface area contributed by atoms with Gasteiger partial charge in [0.1, 0.15) is 16.7 Å². The summed E-state index contributed by atoms with van der Waals surface area (Å²) in [4.78, 5) is 35.8. The van der Waals surface area contributed by atoms with E-state index in [2.05, 4.69) is 11.1 Å². The van der Waals surface area contributed by atoms with E-state index in [0.29, 0.717) is 35.6 Å². The molecular formula is C24H21N3O3S. The summed E-state index contributed by atoms with van der Waals surface area (Å²) in [5, 5.41) is 2.58. The zero-order chi connectivity index (χ0) is 21.4. The predicted octanol–water partition coefficient (Wildman–Crippen LogP) is 3.75. The smallest absolute Gasteiger partial charge is 0.323 e. The quantitative estimate of drug-likeness (QED) is 0.498. The molecule has 0 radical (unpaired) electrons. The Kier molecular flexibility index (Phi) is 5.13. The standard InChI is InChI=1S/C24H21N3O3S/c1-30-24(29)19-11-16-9-5-6-10-17(16)12-27(19)13-20-25-22(28)21-18(14-31-23(21)26-20)15-7-3-2-4-8-15/h2-10,14,19H,11-13H2,1H3,(H,25,26,28). The Morgan fingerprint density at radius 2 is 1.90 bits per heavy atom. The number of methoxy groups -OCH3 is 1. The summed E-state index contributed by atoms with van der Waals surface area (Å²) in [6.45, 7) is 0.954. The van der Waals surface area contributed by atoms with E-state index in [9.17, 15) is 9.59 Å². The number of rotatable bonds is 4. The molecule has 1 N–H and O–H groups in total. The fourth-order valence-corrected chi connectivity index (χ4v) is 5.17. The molecular weight excluding hydrogens is 410 g/mol. The van der Waals surface area contributed by atoms with Crippen LogP contribution in [0, 0.1) is 0 Å². The maximum absolute atomic E-state index is 13.0. The third-order valence-electron chi connectivity index (χ3n) is 5.75. The molecule has 0 saturated carbocycles. The van der Waals surface area contributed by atoms with Crippen LogP contribution in [0.5, 0.6) is 0 Å².